The van der Waals surface area contributed by atoms with Gasteiger partial charge in [-0.15, -0.1) is 0 Å². The van der Waals surface area contributed by atoms with Gasteiger partial charge in [0.1, 0.15) is 12.7 Å². The average molecular weight is 288 g/mol. The van der Waals surface area contributed by atoms with Gasteiger partial charge in [0.25, 0.3) is 5.91 Å². The summed E-state index contributed by atoms with van der Waals surface area (Å²) in [4.78, 5) is 20.2. The molecule has 0 radical (unpaired) electrons. The average Bonchev–Trinajstić information content (AvgIpc) is 3.05. The van der Waals surface area contributed by atoms with Crippen LogP contribution >= 0.6 is 0 Å². The summed E-state index contributed by atoms with van der Waals surface area (Å²) in [5.74, 6) is 0.463. The van der Waals surface area contributed by atoms with Crippen LogP contribution in [0.1, 0.15) is 36.5 Å². The molecule has 0 aliphatic rings. The number of rotatable bonds is 7. The van der Waals surface area contributed by atoms with Crippen molar-refractivity contribution in [3.8, 4) is 5.82 Å². The second kappa shape index (κ2) is 7.49. The SMILES string of the molecule is CCCCC(CN)NC(=O)c1ccc(-n2cncn2)nc1. The third kappa shape index (κ3) is 4.09. The summed E-state index contributed by atoms with van der Waals surface area (Å²) in [6.07, 6.45) is 7.54. The van der Waals surface area contributed by atoms with E-state index in [-0.39, 0.29) is 11.9 Å². The van der Waals surface area contributed by atoms with E-state index >= 15 is 0 Å². The van der Waals surface area contributed by atoms with Gasteiger partial charge in [-0.1, -0.05) is 19.8 Å². The number of nitrogens with zero attached hydrogens (tertiary/aromatic N) is 4. The third-order valence-electron chi connectivity index (χ3n) is 3.19. The summed E-state index contributed by atoms with van der Waals surface area (Å²) >= 11 is 0. The van der Waals surface area contributed by atoms with Crippen LogP contribution in [0.15, 0.2) is 31.0 Å². The fourth-order valence-corrected chi connectivity index (χ4v) is 1.95. The summed E-state index contributed by atoms with van der Waals surface area (Å²) in [5.41, 5.74) is 6.19. The zero-order valence-corrected chi connectivity index (χ0v) is 12.1. The van der Waals surface area contributed by atoms with Gasteiger partial charge in [0.2, 0.25) is 0 Å². The highest BCUT2D eigenvalue weighted by molar-refractivity contribution is 5.94. The van der Waals surface area contributed by atoms with Crippen LogP contribution in [0.25, 0.3) is 5.82 Å². The van der Waals surface area contributed by atoms with E-state index in [4.69, 9.17) is 5.73 Å². The van der Waals surface area contributed by atoms with Crippen LogP contribution < -0.4 is 11.1 Å². The van der Waals surface area contributed by atoms with Gasteiger partial charge in [-0.25, -0.2) is 14.6 Å². The monoisotopic (exact) mass is 288 g/mol. The van der Waals surface area contributed by atoms with E-state index in [1.54, 1.807) is 18.5 Å². The Balaban J connectivity index is 1.99. The summed E-state index contributed by atoms with van der Waals surface area (Å²) in [5, 5.41) is 6.92. The van der Waals surface area contributed by atoms with Crippen LogP contribution in [0.3, 0.4) is 0 Å². The molecule has 21 heavy (non-hydrogen) atoms. The van der Waals surface area contributed by atoms with E-state index in [1.807, 2.05) is 0 Å². The highest BCUT2D eigenvalue weighted by Gasteiger charge is 2.12. The van der Waals surface area contributed by atoms with Gasteiger partial charge in [0, 0.05) is 18.8 Å². The van der Waals surface area contributed by atoms with Crippen molar-refractivity contribution < 1.29 is 4.79 Å². The molecule has 1 unspecified atom stereocenters. The number of pyridine rings is 1. The first-order valence-corrected chi connectivity index (χ1v) is 7.06. The minimum Gasteiger partial charge on any atom is -0.348 e. The number of nitrogens with one attached hydrogen (secondary N) is 1. The number of aromatic nitrogens is 4. The van der Waals surface area contributed by atoms with E-state index in [1.165, 1.54) is 17.2 Å². The minimum atomic E-state index is -0.154. The van der Waals surface area contributed by atoms with E-state index in [2.05, 4.69) is 27.3 Å². The molecule has 0 aliphatic heterocycles. The van der Waals surface area contributed by atoms with E-state index in [0.29, 0.717) is 17.9 Å². The Morgan fingerprint density at radius 3 is 2.90 bits per heavy atom. The van der Waals surface area contributed by atoms with E-state index < -0.39 is 0 Å². The van der Waals surface area contributed by atoms with Crippen LogP contribution in [-0.4, -0.2) is 38.2 Å². The first kappa shape index (κ1) is 15.1. The predicted octanol–water partition coefficient (Wildman–Crippen LogP) is 0.910. The van der Waals surface area contributed by atoms with Crippen molar-refractivity contribution in [3.63, 3.8) is 0 Å². The molecule has 7 nitrogen and oxygen atoms in total. The number of nitrogens with two attached hydrogens (primary N) is 1. The molecule has 112 valence electrons. The lowest BCUT2D eigenvalue weighted by Crippen LogP contribution is -2.40. The molecule has 0 aliphatic carbocycles. The summed E-state index contributed by atoms with van der Waals surface area (Å²) < 4.78 is 1.53. The lowest BCUT2D eigenvalue weighted by atomic mass is 10.1. The Morgan fingerprint density at radius 1 is 1.48 bits per heavy atom. The molecule has 0 saturated heterocycles. The molecule has 0 saturated carbocycles. The maximum absolute atomic E-state index is 12.1. The second-order valence-electron chi connectivity index (χ2n) is 4.79. The molecule has 0 spiro atoms. The van der Waals surface area contributed by atoms with E-state index in [9.17, 15) is 4.79 Å². The van der Waals surface area contributed by atoms with Crippen molar-refractivity contribution in [2.45, 2.75) is 32.2 Å². The molecular weight excluding hydrogens is 268 g/mol. The Bertz CT molecular complexity index is 551. The molecule has 1 atom stereocenters. The molecule has 7 heteroatoms. The fraction of sp³-hybridized carbons (Fsp3) is 0.429. The van der Waals surface area contributed by atoms with Gasteiger partial charge in [0.15, 0.2) is 5.82 Å². The largest absolute Gasteiger partial charge is 0.348 e. The Hall–Kier alpha value is -2.28. The van der Waals surface area contributed by atoms with Gasteiger partial charge < -0.3 is 11.1 Å². The first-order chi connectivity index (χ1) is 10.2. The zero-order valence-electron chi connectivity index (χ0n) is 12.1. The lowest BCUT2D eigenvalue weighted by molar-refractivity contribution is 0.0935. The Kier molecular flexibility index (Phi) is 5.39. The maximum Gasteiger partial charge on any atom is 0.253 e. The fourth-order valence-electron chi connectivity index (χ4n) is 1.95. The smallest absolute Gasteiger partial charge is 0.253 e. The number of unbranched alkanes of at least 4 members (excludes halogenated alkanes) is 1. The van der Waals surface area contributed by atoms with Crippen LogP contribution in [-0.2, 0) is 0 Å². The van der Waals surface area contributed by atoms with Crippen LogP contribution in [0.2, 0.25) is 0 Å². The molecular formula is C14H20N6O. The summed E-state index contributed by atoms with van der Waals surface area (Å²) in [6.45, 7) is 2.55. The lowest BCUT2D eigenvalue weighted by Gasteiger charge is -2.16. The predicted molar refractivity (Wildman–Crippen MR) is 79.0 cm³/mol. The highest BCUT2D eigenvalue weighted by Crippen LogP contribution is 2.05. The number of carbonyl (C=O) groups is 1. The molecule has 3 N–H and O–H groups in total. The molecule has 1 amide bonds. The molecule has 2 heterocycles. The highest BCUT2D eigenvalue weighted by atomic mass is 16.1. The first-order valence-electron chi connectivity index (χ1n) is 7.06. The van der Waals surface area contributed by atoms with Crippen LogP contribution in [0.4, 0.5) is 0 Å². The van der Waals surface area contributed by atoms with Gasteiger partial charge in [-0.2, -0.15) is 5.10 Å². The number of amides is 1. The number of hydrogen-bond acceptors (Lipinski definition) is 5. The standard InChI is InChI=1S/C14H20N6O/c1-2-3-4-12(7-15)19-14(21)11-5-6-13(17-8-11)20-10-16-9-18-20/h5-6,8-10,12H,2-4,7,15H2,1H3,(H,19,21). The van der Waals surface area contributed by atoms with Crippen molar-refractivity contribution in [1.29, 1.82) is 0 Å². The number of hydrogen-bond donors (Lipinski definition) is 2. The van der Waals surface area contributed by atoms with Crippen molar-refractivity contribution >= 4 is 5.91 Å². The zero-order chi connectivity index (χ0) is 15.1. The van der Waals surface area contributed by atoms with Gasteiger partial charge in [-0.05, 0) is 18.6 Å². The second-order valence-corrected chi connectivity index (χ2v) is 4.79. The summed E-state index contributed by atoms with van der Waals surface area (Å²) in [7, 11) is 0. The van der Waals surface area contributed by atoms with Crippen LogP contribution in [0.5, 0.6) is 0 Å². The minimum absolute atomic E-state index is 0.00689. The normalized spacial score (nSPS) is 12.1. The van der Waals surface area contributed by atoms with Crippen molar-refractivity contribution in [2.75, 3.05) is 6.54 Å². The van der Waals surface area contributed by atoms with Crippen molar-refractivity contribution in [1.82, 2.24) is 25.1 Å². The Labute approximate surface area is 123 Å². The van der Waals surface area contributed by atoms with Gasteiger partial charge in [0.05, 0.1) is 5.56 Å². The molecule has 2 aromatic heterocycles. The van der Waals surface area contributed by atoms with Crippen molar-refractivity contribution in [3.05, 3.63) is 36.5 Å². The molecule has 0 fully saturated rings. The third-order valence-corrected chi connectivity index (χ3v) is 3.19. The van der Waals surface area contributed by atoms with Crippen LogP contribution in [0, 0.1) is 0 Å². The topological polar surface area (TPSA) is 98.7 Å². The molecule has 2 aromatic rings. The van der Waals surface area contributed by atoms with E-state index in [0.717, 1.165) is 19.3 Å². The van der Waals surface area contributed by atoms with Gasteiger partial charge >= 0.3 is 0 Å². The van der Waals surface area contributed by atoms with Gasteiger partial charge in [-0.3, -0.25) is 4.79 Å². The number of carbonyl (C=O) groups excluding carboxylic acids is 1. The van der Waals surface area contributed by atoms with Crippen molar-refractivity contribution in [2.24, 2.45) is 5.73 Å². The molecule has 0 aromatic carbocycles. The quantitative estimate of drug-likeness (QED) is 0.789. The Morgan fingerprint density at radius 2 is 2.33 bits per heavy atom. The maximum atomic E-state index is 12.1. The molecule has 2 rings (SSSR count). The molecule has 0 bridgehead atoms. The summed E-state index contributed by atoms with van der Waals surface area (Å²) in [6, 6.07) is 3.45.